The average Bonchev–Trinajstić information content (AvgIpc) is 0.811. The summed E-state index contributed by atoms with van der Waals surface area (Å²) in [5.74, 6) is 0. The van der Waals surface area contributed by atoms with Gasteiger partial charge in [-0.2, -0.15) is 0 Å². The standard InChI is InChI=1S/CCl2O.H2O/c2-1(3)4;/h;1H2. The molecule has 0 aromatic carbocycles. The van der Waals surface area contributed by atoms with Gasteiger partial charge in [0, 0.05) is 0 Å². The van der Waals surface area contributed by atoms with Gasteiger partial charge in [0.2, 0.25) is 0 Å². The summed E-state index contributed by atoms with van der Waals surface area (Å²) < 4.78 is -0.889. The Labute approximate surface area is 39.0 Å². The van der Waals surface area contributed by atoms with Crippen LogP contribution >= 0.6 is 23.2 Å². The Morgan fingerprint density at radius 1 is 1.40 bits per heavy atom. The Hall–Kier alpha value is 0.210. The third-order valence-electron chi connectivity index (χ3n) is 0. The van der Waals surface area contributed by atoms with Crippen LogP contribution in [0.2, 0.25) is 0 Å². The van der Waals surface area contributed by atoms with E-state index in [1.807, 2.05) is 0 Å². The lowest BCUT2D eigenvalue weighted by Crippen LogP contribution is -1.46. The van der Waals surface area contributed by atoms with Crippen molar-refractivity contribution in [3.05, 3.63) is 0 Å². The van der Waals surface area contributed by atoms with Crippen LogP contribution in [-0.2, 0) is 0 Å². The van der Waals surface area contributed by atoms with Gasteiger partial charge in [0.15, 0.2) is 0 Å². The van der Waals surface area contributed by atoms with Crippen molar-refractivity contribution < 1.29 is 10.3 Å². The van der Waals surface area contributed by atoms with Crippen LogP contribution in [0.1, 0.15) is 0 Å². The normalized spacial score (nSPS) is 5.20. The highest BCUT2D eigenvalue weighted by Gasteiger charge is 1.72. The molecule has 5 heavy (non-hydrogen) atoms. The zero-order valence-corrected chi connectivity index (χ0v) is 3.68. The molecular weight excluding hydrogens is 115 g/mol. The molecule has 2 N–H and O–H groups in total. The lowest BCUT2D eigenvalue weighted by molar-refractivity contribution is 0.275. The van der Waals surface area contributed by atoms with E-state index in [1.165, 1.54) is 0 Å². The first-order chi connectivity index (χ1) is 1.73. The Bertz CT molecular complexity index is 30.6. The van der Waals surface area contributed by atoms with Crippen molar-refractivity contribution in [2.45, 2.75) is 0 Å². The smallest absolute Gasteiger partial charge is 0.313 e. The third-order valence-corrected chi connectivity index (χ3v) is 0. The molecule has 0 aliphatic rings. The minimum absolute atomic E-state index is 0. The third kappa shape index (κ3) is 466. The fraction of sp³-hybridized carbons (Fsp3) is 0. The lowest BCUT2D eigenvalue weighted by Gasteiger charge is -1.48. The summed E-state index contributed by atoms with van der Waals surface area (Å²) in [7, 11) is 0. The molecule has 2 nitrogen and oxygen atoms in total. The van der Waals surface area contributed by atoms with Crippen LogP contribution in [0.25, 0.3) is 0 Å². The van der Waals surface area contributed by atoms with Gasteiger partial charge in [-0.3, -0.25) is 4.79 Å². The van der Waals surface area contributed by atoms with Crippen LogP contribution in [0.5, 0.6) is 0 Å². The summed E-state index contributed by atoms with van der Waals surface area (Å²) in [6, 6.07) is 0. The summed E-state index contributed by atoms with van der Waals surface area (Å²) in [6.45, 7) is 0. The summed E-state index contributed by atoms with van der Waals surface area (Å²) in [5.41, 5.74) is 0. The zero-order valence-electron chi connectivity index (χ0n) is 2.16. The second-order valence-electron chi connectivity index (χ2n) is 0.226. The predicted octanol–water partition coefficient (Wildman–Crippen LogP) is 0.759. The van der Waals surface area contributed by atoms with Gasteiger partial charge in [-0.1, -0.05) is 0 Å². The fourth-order valence-electron chi connectivity index (χ4n) is 0. The highest BCUT2D eigenvalue weighted by molar-refractivity contribution is 6.93. The van der Waals surface area contributed by atoms with Crippen LogP contribution in [0.4, 0.5) is 4.79 Å². The summed E-state index contributed by atoms with van der Waals surface area (Å²) in [5, 5.41) is 0. The highest BCUT2D eigenvalue weighted by Crippen LogP contribution is 1.84. The molecule has 0 fully saturated rings. The van der Waals surface area contributed by atoms with E-state index in [0.717, 1.165) is 0 Å². The SMILES string of the molecule is O.O=C(Cl)Cl. The van der Waals surface area contributed by atoms with Crippen molar-refractivity contribution in [2.75, 3.05) is 0 Å². The van der Waals surface area contributed by atoms with E-state index in [-0.39, 0.29) is 5.48 Å². The molecule has 0 aliphatic heterocycles. The molecule has 0 saturated carbocycles. The molecule has 0 radical (unpaired) electrons. The molecule has 0 rings (SSSR count). The van der Waals surface area contributed by atoms with Gasteiger partial charge in [-0.05, 0) is 23.2 Å². The summed E-state index contributed by atoms with van der Waals surface area (Å²) in [6.07, 6.45) is 0. The highest BCUT2D eigenvalue weighted by atomic mass is 35.5. The molecule has 0 saturated heterocycles. The van der Waals surface area contributed by atoms with Crippen LogP contribution in [0.3, 0.4) is 0 Å². The Morgan fingerprint density at radius 3 is 1.40 bits per heavy atom. The fourth-order valence-corrected chi connectivity index (χ4v) is 0. The van der Waals surface area contributed by atoms with Crippen LogP contribution < -0.4 is 0 Å². The molecular formula is CH2Cl2O2. The quantitative estimate of drug-likeness (QED) is 0.432. The zero-order chi connectivity index (χ0) is 3.58. The van der Waals surface area contributed by atoms with E-state index < -0.39 is 4.70 Å². The summed E-state index contributed by atoms with van der Waals surface area (Å²) in [4.78, 5) is 8.98. The molecule has 0 aromatic rings. The molecule has 0 unspecified atom stereocenters. The Balaban J connectivity index is 0. The Kier molecular flexibility index (Phi) is 7.55. The monoisotopic (exact) mass is 116 g/mol. The van der Waals surface area contributed by atoms with Gasteiger partial charge in [0.25, 0.3) is 0 Å². The Morgan fingerprint density at radius 2 is 1.40 bits per heavy atom. The van der Waals surface area contributed by atoms with Crippen molar-refractivity contribution in [3.8, 4) is 0 Å². The number of hydrogen-bond donors (Lipinski definition) is 0. The van der Waals surface area contributed by atoms with E-state index in [1.54, 1.807) is 0 Å². The predicted molar refractivity (Wildman–Crippen MR) is 20.7 cm³/mol. The molecule has 0 atom stereocenters. The second-order valence-corrected chi connectivity index (χ2v) is 1.11. The van der Waals surface area contributed by atoms with Crippen molar-refractivity contribution in [2.24, 2.45) is 0 Å². The molecule has 0 spiro atoms. The first-order valence-corrected chi connectivity index (χ1v) is 1.34. The minimum Gasteiger partial charge on any atom is -0.412 e. The maximum atomic E-state index is 8.98. The molecule has 0 aromatic heterocycles. The average molecular weight is 117 g/mol. The molecule has 32 valence electrons. The lowest BCUT2D eigenvalue weighted by atomic mass is 11.8. The van der Waals surface area contributed by atoms with E-state index >= 15 is 0 Å². The van der Waals surface area contributed by atoms with Crippen molar-refractivity contribution in [3.63, 3.8) is 0 Å². The molecule has 0 bridgehead atoms. The molecule has 0 amide bonds. The van der Waals surface area contributed by atoms with Crippen LogP contribution in [0, 0.1) is 0 Å². The summed E-state index contributed by atoms with van der Waals surface area (Å²) >= 11 is 8.80. The van der Waals surface area contributed by atoms with Gasteiger partial charge in [0.1, 0.15) is 0 Å². The second kappa shape index (κ2) is 4.21. The molecule has 4 heteroatoms. The van der Waals surface area contributed by atoms with E-state index in [2.05, 4.69) is 23.2 Å². The minimum atomic E-state index is -0.889. The van der Waals surface area contributed by atoms with E-state index in [9.17, 15) is 0 Å². The largest absolute Gasteiger partial charge is 0.412 e. The topological polar surface area (TPSA) is 48.6 Å². The van der Waals surface area contributed by atoms with E-state index in [4.69, 9.17) is 4.79 Å². The van der Waals surface area contributed by atoms with Crippen molar-refractivity contribution >= 4 is 27.9 Å². The first-order valence-electron chi connectivity index (χ1n) is 0.582. The van der Waals surface area contributed by atoms with Crippen LogP contribution in [-0.4, -0.2) is 10.2 Å². The van der Waals surface area contributed by atoms with Gasteiger partial charge >= 0.3 is 4.70 Å². The van der Waals surface area contributed by atoms with Gasteiger partial charge < -0.3 is 5.48 Å². The maximum Gasteiger partial charge on any atom is 0.313 e. The number of rotatable bonds is 0. The number of carbonyl (C=O) groups excluding carboxylic acids is 1. The number of carbonyl (C=O) groups is 1. The molecule has 0 aliphatic carbocycles. The maximum absolute atomic E-state index is 8.98. The van der Waals surface area contributed by atoms with Gasteiger partial charge in [0.05, 0.1) is 0 Å². The molecule has 0 heterocycles. The number of halogens is 2. The van der Waals surface area contributed by atoms with Crippen molar-refractivity contribution in [1.82, 2.24) is 0 Å². The number of hydrogen-bond acceptors (Lipinski definition) is 1. The first kappa shape index (κ1) is 8.96. The van der Waals surface area contributed by atoms with Gasteiger partial charge in [-0.25, -0.2) is 0 Å². The van der Waals surface area contributed by atoms with Crippen LogP contribution in [0.15, 0.2) is 0 Å². The van der Waals surface area contributed by atoms with E-state index in [0.29, 0.717) is 0 Å². The van der Waals surface area contributed by atoms with Crippen molar-refractivity contribution in [1.29, 1.82) is 0 Å². The van der Waals surface area contributed by atoms with Gasteiger partial charge in [-0.15, -0.1) is 0 Å².